The number of hydrogen-bond acceptors (Lipinski definition) is 4. The molecule has 114 valence electrons. The highest BCUT2D eigenvalue weighted by Crippen LogP contribution is 2.26. The first-order valence-electron chi connectivity index (χ1n) is 7.57. The number of nitrogens with zero attached hydrogens (tertiary/aromatic N) is 1. The number of hydrogen-bond donors (Lipinski definition) is 1. The summed E-state index contributed by atoms with van der Waals surface area (Å²) in [5.41, 5.74) is 6.75. The third kappa shape index (κ3) is 3.61. The van der Waals surface area contributed by atoms with Gasteiger partial charge in [-0.05, 0) is 17.9 Å². The zero-order valence-corrected chi connectivity index (χ0v) is 12.1. The summed E-state index contributed by atoms with van der Waals surface area (Å²) < 4.78 is 5.39. The summed E-state index contributed by atoms with van der Waals surface area (Å²) in [7, 11) is 0. The van der Waals surface area contributed by atoms with Crippen LogP contribution in [0.4, 0.5) is 0 Å². The summed E-state index contributed by atoms with van der Waals surface area (Å²) in [5.74, 6) is 0.131. The molecule has 0 saturated carbocycles. The maximum Gasteiger partial charge on any atom is 0.237 e. The van der Waals surface area contributed by atoms with Crippen LogP contribution in [0.5, 0.6) is 0 Å². The Bertz CT molecular complexity index is 474. The molecule has 0 bridgehead atoms. The standard InChI is InChI=1S/C16H22N2O3/c17-16(19)15-9-14(8-12-4-2-1-3-5-12)21-18(15)10-13-6-7-20-11-13/h1-5,13-15H,6-11H2,(H2,17,19). The van der Waals surface area contributed by atoms with Gasteiger partial charge in [0.25, 0.3) is 0 Å². The lowest BCUT2D eigenvalue weighted by Crippen LogP contribution is -2.41. The van der Waals surface area contributed by atoms with Gasteiger partial charge in [-0.1, -0.05) is 30.3 Å². The van der Waals surface area contributed by atoms with Gasteiger partial charge in [0, 0.05) is 26.0 Å². The average molecular weight is 290 g/mol. The van der Waals surface area contributed by atoms with Gasteiger partial charge in [0.2, 0.25) is 5.91 Å². The van der Waals surface area contributed by atoms with Crippen LogP contribution < -0.4 is 5.73 Å². The molecule has 1 aromatic rings. The summed E-state index contributed by atoms with van der Waals surface area (Å²) >= 11 is 0. The van der Waals surface area contributed by atoms with E-state index >= 15 is 0 Å². The van der Waals surface area contributed by atoms with Crippen molar-refractivity contribution in [2.24, 2.45) is 11.7 Å². The van der Waals surface area contributed by atoms with E-state index in [1.807, 2.05) is 18.2 Å². The average Bonchev–Trinajstić information content (AvgIpc) is 3.10. The van der Waals surface area contributed by atoms with E-state index in [9.17, 15) is 4.79 Å². The molecule has 2 saturated heterocycles. The number of nitrogens with two attached hydrogens (primary N) is 1. The first kappa shape index (κ1) is 14.5. The van der Waals surface area contributed by atoms with Crippen molar-refractivity contribution in [1.29, 1.82) is 0 Å². The predicted octanol–water partition coefficient (Wildman–Crippen LogP) is 1.13. The predicted molar refractivity (Wildman–Crippen MR) is 78.3 cm³/mol. The molecule has 1 amide bonds. The first-order chi connectivity index (χ1) is 10.2. The molecule has 0 spiro atoms. The van der Waals surface area contributed by atoms with E-state index in [0.29, 0.717) is 12.3 Å². The van der Waals surface area contributed by atoms with E-state index in [1.54, 1.807) is 5.06 Å². The number of ether oxygens (including phenoxy) is 1. The Labute approximate surface area is 125 Å². The van der Waals surface area contributed by atoms with Crippen molar-refractivity contribution in [3.05, 3.63) is 35.9 Å². The normalized spacial score (nSPS) is 29.8. The Morgan fingerprint density at radius 3 is 2.81 bits per heavy atom. The first-order valence-corrected chi connectivity index (χ1v) is 7.57. The SMILES string of the molecule is NC(=O)C1CC(Cc2ccccc2)ON1CC1CCOC1. The van der Waals surface area contributed by atoms with Crippen LogP contribution in [0.3, 0.4) is 0 Å². The largest absolute Gasteiger partial charge is 0.381 e. The minimum atomic E-state index is -0.320. The second-order valence-electron chi connectivity index (χ2n) is 5.90. The van der Waals surface area contributed by atoms with E-state index in [-0.39, 0.29) is 18.1 Å². The molecule has 0 radical (unpaired) electrons. The van der Waals surface area contributed by atoms with Gasteiger partial charge in [-0.3, -0.25) is 9.63 Å². The van der Waals surface area contributed by atoms with E-state index in [2.05, 4.69) is 12.1 Å². The summed E-state index contributed by atoms with van der Waals surface area (Å²) in [6.45, 7) is 2.26. The molecular formula is C16H22N2O3. The van der Waals surface area contributed by atoms with Gasteiger partial charge in [-0.15, -0.1) is 0 Å². The van der Waals surface area contributed by atoms with Crippen LogP contribution in [-0.4, -0.2) is 42.9 Å². The maximum atomic E-state index is 11.7. The molecule has 3 atom stereocenters. The number of amides is 1. The van der Waals surface area contributed by atoms with Gasteiger partial charge in [0.05, 0.1) is 12.7 Å². The lowest BCUT2D eigenvalue weighted by atomic mass is 10.0. The molecule has 0 aromatic heterocycles. The summed E-state index contributed by atoms with van der Waals surface area (Å²) in [4.78, 5) is 17.6. The van der Waals surface area contributed by atoms with Crippen molar-refractivity contribution in [2.75, 3.05) is 19.8 Å². The van der Waals surface area contributed by atoms with E-state index < -0.39 is 0 Å². The molecule has 2 fully saturated rings. The molecular weight excluding hydrogens is 268 g/mol. The summed E-state index contributed by atoms with van der Waals surface area (Å²) in [6.07, 6.45) is 2.52. The zero-order chi connectivity index (χ0) is 14.7. The molecule has 5 heteroatoms. The Morgan fingerprint density at radius 2 is 2.14 bits per heavy atom. The number of rotatable bonds is 5. The Balaban J connectivity index is 1.61. The Hall–Kier alpha value is -1.43. The van der Waals surface area contributed by atoms with Gasteiger partial charge in [-0.25, -0.2) is 0 Å². The summed E-state index contributed by atoms with van der Waals surface area (Å²) in [5, 5.41) is 1.79. The maximum absolute atomic E-state index is 11.7. The number of primary amides is 1. The van der Waals surface area contributed by atoms with Crippen molar-refractivity contribution in [3.63, 3.8) is 0 Å². The molecule has 5 nitrogen and oxygen atoms in total. The van der Waals surface area contributed by atoms with Crippen LogP contribution in [0.25, 0.3) is 0 Å². The third-order valence-electron chi connectivity index (χ3n) is 4.22. The van der Waals surface area contributed by atoms with Gasteiger partial charge < -0.3 is 10.5 Å². The minimum Gasteiger partial charge on any atom is -0.381 e. The molecule has 3 unspecified atom stereocenters. The lowest BCUT2D eigenvalue weighted by molar-refractivity contribution is -0.173. The Morgan fingerprint density at radius 1 is 1.33 bits per heavy atom. The second kappa shape index (κ2) is 6.56. The molecule has 0 aliphatic carbocycles. The molecule has 3 rings (SSSR count). The fourth-order valence-electron chi connectivity index (χ4n) is 3.08. The van der Waals surface area contributed by atoms with Crippen molar-refractivity contribution in [1.82, 2.24) is 5.06 Å². The highest BCUT2D eigenvalue weighted by molar-refractivity contribution is 5.80. The van der Waals surface area contributed by atoms with Gasteiger partial charge in [0.1, 0.15) is 6.04 Å². The van der Waals surface area contributed by atoms with Crippen LogP contribution >= 0.6 is 0 Å². The van der Waals surface area contributed by atoms with Crippen molar-refractivity contribution < 1.29 is 14.4 Å². The minimum absolute atomic E-state index is 0.0206. The van der Waals surface area contributed by atoms with Crippen molar-refractivity contribution >= 4 is 5.91 Å². The van der Waals surface area contributed by atoms with E-state index in [0.717, 1.165) is 32.6 Å². The second-order valence-corrected chi connectivity index (χ2v) is 5.90. The summed E-state index contributed by atoms with van der Waals surface area (Å²) in [6, 6.07) is 9.87. The van der Waals surface area contributed by atoms with E-state index in [4.69, 9.17) is 15.3 Å². The smallest absolute Gasteiger partial charge is 0.237 e. The number of hydroxylamine groups is 2. The fourth-order valence-corrected chi connectivity index (χ4v) is 3.08. The Kier molecular flexibility index (Phi) is 4.53. The van der Waals surface area contributed by atoms with Crippen molar-refractivity contribution in [2.45, 2.75) is 31.4 Å². The lowest BCUT2D eigenvalue weighted by Gasteiger charge is -2.23. The molecule has 2 aliphatic heterocycles. The van der Waals surface area contributed by atoms with Crippen molar-refractivity contribution in [3.8, 4) is 0 Å². The van der Waals surface area contributed by atoms with Crippen LogP contribution in [-0.2, 0) is 20.8 Å². The van der Waals surface area contributed by atoms with Gasteiger partial charge in [-0.2, -0.15) is 5.06 Å². The van der Waals surface area contributed by atoms with E-state index in [1.165, 1.54) is 5.56 Å². The van der Waals surface area contributed by atoms with Crippen LogP contribution in [0.2, 0.25) is 0 Å². The number of carbonyl (C=O) groups excluding carboxylic acids is 1. The third-order valence-corrected chi connectivity index (χ3v) is 4.22. The fraction of sp³-hybridized carbons (Fsp3) is 0.562. The van der Waals surface area contributed by atoms with Gasteiger partial charge >= 0.3 is 0 Å². The zero-order valence-electron chi connectivity index (χ0n) is 12.1. The number of benzene rings is 1. The molecule has 21 heavy (non-hydrogen) atoms. The molecule has 2 heterocycles. The highest BCUT2D eigenvalue weighted by Gasteiger charge is 2.38. The van der Waals surface area contributed by atoms with Crippen LogP contribution in [0.1, 0.15) is 18.4 Å². The topological polar surface area (TPSA) is 64.8 Å². The quantitative estimate of drug-likeness (QED) is 0.883. The molecule has 1 aromatic carbocycles. The van der Waals surface area contributed by atoms with Crippen LogP contribution in [0, 0.1) is 5.92 Å². The monoisotopic (exact) mass is 290 g/mol. The molecule has 2 N–H and O–H groups in total. The van der Waals surface area contributed by atoms with Gasteiger partial charge in [0.15, 0.2) is 0 Å². The van der Waals surface area contributed by atoms with Crippen LogP contribution in [0.15, 0.2) is 30.3 Å². The molecule has 2 aliphatic rings. The highest BCUT2D eigenvalue weighted by atomic mass is 16.7. The number of carbonyl (C=O) groups is 1.